The van der Waals surface area contributed by atoms with Gasteiger partial charge in [-0.2, -0.15) is 0 Å². The fourth-order valence-corrected chi connectivity index (χ4v) is 2.64. The van der Waals surface area contributed by atoms with Gasteiger partial charge in [0.2, 0.25) is 0 Å². The molecule has 19 heavy (non-hydrogen) atoms. The molecule has 0 saturated heterocycles. The molecule has 2 aromatic rings. The van der Waals surface area contributed by atoms with Gasteiger partial charge in [0.05, 0.1) is 10.1 Å². The maximum absolute atomic E-state index is 13.5. The minimum atomic E-state index is -1.04. The van der Waals surface area contributed by atoms with Gasteiger partial charge >= 0.3 is 0 Å². The zero-order valence-corrected chi connectivity index (χ0v) is 13.5. The van der Waals surface area contributed by atoms with Crippen LogP contribution >= 0.6 is 31.9 Å². The third-order valence-electron chi connectivity index (χ3n) is 3.03. The van der Waals surface area contributed by atoms with Crippen LogP contribution in [0.1, 0.15) is 18.1 Å². The number of rotatable bonds is 3. The molecule has 0 aliphatic heterocycles. The Labute approximate surface area is 128 Å². The first kappa shape index (κ1) is 14.7. The van der Waals surface area contributed by atoms with Crippen LogP contribution in [0, 0.1) is 5.82 Å². The summed E-state index contributed by atoms with van der Waals surface area (Å²) >= 11 is 6.58. The molecular weight excluding hydrogens is 375 g/mol. The Hall–Kier alpha value is -0.710. The van der Waals surface area contributed by atoms with Gasteiger partial charge in [0.25, 0.3) is 0 Å². The first-order valence-electron chi connectivity index (χ1n) is 5.81. The number of aliphatic hydroxyl groups is 1. The van der Waals surface area contributed by atoms with Crippen molar-refractivity contribution in [3.8, 4) is 0 Å². The number of benzene rings is 2. The number of hydrogen-bond donors (Lipinski definition) is 1. The Balaban J connectivity index is 2.30. The summed E-state index contributed by atoms with van der Waals surface area (Å²) in [5.41, 5.74) is 0.497. The third-order valence-corrected chi connectivity index (χ3v) is 4.45. The van der Waals surface area contributed by atoms with Crippen LogP contribution in [0.3, 0.4) is 0 Å². The van der Waals surface area contributed by atoms with Crippen LogP contribution in [0.15, 0.2) is 51.4 Å². The summed E-state index contributed by atoms with van der Waals surface area (Å²) in [5, 5.41) is 10.6. The number of halogens is 3. The van der Waals surface area contributed by atoms with Crippen molar-refractivity contribution in [2.24, 2.45) is 0 Å². The molecule has 0 aliphatic rings. The van der Waals surface area contributed by atoms with Gasteiger partial charge in [0.15, 0.2) is 0 Å². The zero-order valence-electron chi connectivity index (χ0n) is 10.3. The van der Waals surface area contributed by atoms with Crippen molar-refractivity contribution in [3.05, 3.63) is 68.4 Å². The van der Waals surface area contributed by atoms with Crippen LogP contribution in [0.25, 0.3) is 0 Å². The molecule has 1 atom stereocenters. The van der Waals surface area contributed by atoms with Crippen LogP contribution in [0.2, 0.25) is 0 Å². The fourth-order valence-electron chi connectivity index (χ4n) is 1.97. The standard InChI is InChI=1S/C15H13Br2FO/c1-15(19,11-5-7-12(16)8-6-11)9-10-3-2-4-13(18)14(10)17/h2-8,19H,9H2,1H3. The lowest BCUT2D eigenvalue weighted by atomic mass is 9.89. The van der Waals surface area contributed by atoms with Crippen molar-refractivity contribution in [3.63, 3.8) is 0 Å². The average molecular weight is 388 g/mol. The van der Waals surface area contributed by atoms with Crippen molar-refractivity contribution in [1.29, 1.82) is 0 Å². The molecule has 0 amide bonds. The molecule has 1 nitrogen and oxygen atoms in total. The largest absolute Gasteiger partial charge is 0.385 e. The van der Waals surface area contributed by atoms with Crippen molar-refractivity contribution >= 4 is 31.9 Å². The van der Waals surface area contributed by atoms with Crippen molar-refractivity contribution in [2.75, 3.05) is 0 Å². The van der Waals surface area contributed by atoms with Gasteiger partial charge in [-0.3, -0.25) is 0 Å². The second-order valence-corrected chi connectivity index (χ2v) is 6.38. The van der Waals surface area contributed by atoms with E-state index in [0.29, 0.717) is 10.9 Å². The van der Waals surface area contributed by atoms with Crippen LogP contribution in [0.5, 0.6) is 0 Å². The second kappa shape index (κ2) is 5.73. The van der Waals surface area contributed by atoms with Gasteiger partial charge in [0.1, 0.15) is 5.82 Å². The Morgan fingerprint density at radius 3 is 2.37 bits per heavy atom. The topological polar surface area (TPSA) is 20.2 Å². The molecule has 0 heterocycles. The highest BCUT2D eigenvalue weighted by atomic mass is 79.9. The van der Waals surface area contributed by atoms with E-state index in [-0.39, 0.29) is 5.82 Å². The highest BCUT2D eigenvalue weighted by molar-refractivity contribution is 9.10. The molecule has 1 N–H and O–H groups in total. The van der Waals surface area contributed by atoms with E-state index in [4.69, 9.17) is 0 Å². The van der Waals surface area contributed by atoms with Crippen molar-refractivity contribution < 1.29 is 9.50 Å². The highest BCUT2D eigenvalue weighted by Gasteiger charge is 2.25. The molecule has 1 unspecified atom stereocenters. The lowest BCUT2D eigenvalue weighted by molar-refractivity contribution is 0.0574. The third kappa shape index (κ3) is 3.44. The van der Waals surface area contributed by atoms with Gasteiger partial charge in [0, 0.05) is 10.9 Å². The van der Waals surface area contributed by atoms with Crippen LogP contribution in [-0.2, 0) is 12.0 Å². The summed E-state index contributed by atoms with van der Waals surface area (Å²) in [7, 11) is 0. The molecule has 0 bridgehead atoms. The fraction of sp³-hybridized carbons (Fsp3) is 0.200. The predicted octanol–water partition coefficient (Wildman–Crippen LogP) is 4.80. The van der Waals surface area contributed by atoms with E-state index in [1.54, 1.807) is 19.1 Å². The van der Waals surface area contributed by atoms with E-state index < -0.39 is 5.60 Å². The average Bonchev–Trinajstić information content (AvgIpc) is 2.35. The Bertz CT molecular complexity index is 579. The van der Waals surface area contributed by atoms with Gasteiger partial charge in [-0.1, -0.05) is 40.2 Å². The summed E-state index contributed by atoms with van der Waals surface area (Å²) in [6.45, 7) is 1.73. The van der Waals surface area contributed by atoms with E-state index in [9.17, 15) is 9.50 Å². The summed E-state index contributed by atoms with van der Waals surface area (Å²) in [6, 6.07) is 12.3. The molecule has 2 aromatic carbocycles. The molecule has 4 heteroatoms. The monoisotopic (exact) mass is 386 g/mol. The van der Waals surface area contributed by atoms with E-state index in [0.717, 1.165) is 15.6 Å². The molecule has 0 aliphatic carbocycles. The zero-order chi connectivity index (χ0) is 14.0. The molecule has 0 spiro atoms. The normalized spacial score (nSPS) is 14.2. The minimum Gasteiger partial charge on any atom is -0.385 e. The summed E-state index contributed by atoms with van der Waals surface area (Å²) in [5.74, 6) is -0.316. The maximum Gasteiger partial charge on any atom is 0.137 e. The summed E-state index contributed by atoms with van der Waals surface area (Å²) < 4.78 is 14.8. The molecule has 100 valence electrons. The first-order chi connectivity index (χ1) is 8.90. The number of hydrogen-bond acceptors (Lipinski definition) is 1. The lowest BCUT2D eigenvalue weighted by Gasteiger charge is -2.24. The quantitative estimate of drug-likeness (QED) is 0.801. The van der Waals surface area contributed by atoms with Crippen LogP contribution in [0.4, 0.5) is 4.39 Å². The second-order valence-electron chi connectivity index (χ2n) is 4.67. The van der Waals surface area contributed by atoms with Gasteiger partial charge in [-0.05, 0) is 52.2 Å². The van der Waals surface area contributed by atoms with Crippen molar-refractivity contribution in [2.45, 2.75) is 18.9 Å². The van der Waals surface area contributed by atoms with Crippen LogP contribution < -0.4 is 0 Å². The first-order valence-corrected chi connectivity index (χ1v) is 7.40. The molecular formula is C15H13Br2FO. The molecule has 0 fully saturated rings. The summed E-state index contributed by atoms with van der Waals surface area (Å²) in [4.78, 5) is 0. The van der Waals surface area contributed by atoms with Gasteiger partial charge in [-0.15, -0.1) is 0 Å². The maximum atomic E-state index is 13.5. The molecule has 2 rings (SSSR count). The Morgan fingerprint density at radius 1 is 1.11 bits per heavy atom. The Kier molecular flexibility index (Phi) is 4.43. The van der Waals surface area contributed by atoms with E-state index >= 15 is 0 Å². The highest BCUT2D eigenvalue weighted by Crippen LogP contribution is 2.30. The molecule has 0 aromatic heterocycles. The molecule has 0 radical (unpaired) electrons. The van der Waals surface area contributed by atoms with Gasteiger partial charge < -0.3 is 5.11 Å². The predicted molar refractivity (Wildman–Crippen MR) is 81.5 cm³/mol. The van der Waals surface area contributed by atoms with E-state index in [1.807, 2.05) is 24.3 Å². The SMILES string of the molecule is CC(O)(Cc1cccc(F)c1Br)c1ccc(Br)cc1. The lowest BCUT2D eigenvalue weighted by Crippen LogP contribution is -2.24. The van der Waals surface area contributed by atoms with Gasteiger partial charge in [-0.25, -0.2) is 4.39 Å². The van der Waals surface area contributed by atoms with E-state index in [2.05, 4.69) is 31.9 Å². The van der Waals surface area contributed by atoms with Crippen molar-refractivity contribution in [1.82, 2.24) is 0 Å². The summed E-state index contributed by atoms with van der Waals surface area (Å²) in [6.07, 6.45) is 0.340. The van der Waals surface area contributed by atoms with E-state index in [1.165, 1.54) is 6.07 Å². The minimum absolute atomic E-state index is 0.316. The smallest absolute Gasteiger partial charge is 0.137 e. The van der Waals surface area contributed by atoms with Crippen LogP contribution in [-0.4, -0.2) is 5.11 Å². The molecule has 0 saturated carbocycles. The Morgan fingerprint density at radius 2 is 1.74 bits per heavy atom.